The minimum Gasteiger partial charge on any atom is -0.272 e. The quantitative estimate of drug-likeness (QED) is 0.826. The van der Waals surface area contributed by atoms with Gasteiger partial charge in [0.1, 0.15) is 0 Å². The van der Waals surface area contributed by atoms with Crippen LogP contribution < -0.4 is 0 Å². The maximum atomic E-state index is 11.8. The fourth-order valence-electron chi connectivity index (χ4n) is 3.56. The Morgan fingerprint density at radius 1 is 1.28 bits per heavy atom. The van der Waals surface area contributed by atoms with Gasteiger partial charge in [0.2, 0.25) is 10.0 Å². The number of aromatic nitrogens is 4. The largest absolute Gasteiger partial charge is 0.272 e. The first kappa shape index (κ1) is 18.0. The van der Waals surface area contributed by atoms with E-state index in [9.17, 15) is 8.42 Å². The van der Waals surface area contributed by atoms with Gasteiger partial charge < -0.3 is 0 Å². The summed E-state index contributed by atoms with van der Waals surface area (Å²) in [7, 11) is -1.20. The Morgan fingerprint density at radius 2 is 2.04 bits per heavy atom. The second-order valence-corrected chi connectivity index (χ2v) is 8.88. The number of sulfonamides is 1. The van der Waals surface area contributed by atoms with Crippen molar-refractivity contribution in [1.29, 1.82) is 0 Å². The number of nitrogens with zero attached hydrogens (tertiary/aromatic N) is 5. The Kier molecular flexibility index (Phi) is 4.92. The van der Waals surface area contributed by atoms with Gasteiger partial charge in [0.05, 0.1) is 29.5 Å². The molecule has 2 aromatic rings. The molecule has 0 unspecified atom stereocenters. The number of hydrogen-bond acceptors (Lipinski definition) is 5. The third-order valence-corrected chi connectivity index (χ3v) is 6.17. The monoisotopic (exact) mass is 363 g/mol. The summed E-state index contributed by atoms with van der Waals surface area (Å²) >= 11 is 0. The lowest BCUT2D eigenvalue weighted by Gasteiger charge is -2.30. The van der Waals surface area contributed by atoms with Crippen molar-refractivity contribution in [1.82, 2.24) is 24.1 Å². The maximum absolute atomic E-state index is 11.8. The summed E-state index contributed by atoms with van der Waals surface area (Å²) in [4.78, 5) is 9.13. The molecule has 0 bridgehead atoms. The highest BCUT2D eigenvalue weighted by Crippen LogP contribution is 2.26. The van der Waals surface area contributed by atoms with Crippen LogP contribution in [0.5, 0.6) is 0 Å². The lowest BCUT2D eigenvalue weighted by atomic mass is 9.95. The zero-order valence-electron chi connectivity index (χ0n) is 15.2. The van der Waals surface area contributed by atoms with Crippen molar-refractivity contribution in [3.05, 3.63) is 29.5 Å². The fraction of sp³-hybridized carbons (Fsp3) is 0.588. The molecule has 8 heteroatoms. The summed E-state index contributed by atoms with van der Waals surface area (Å²) in [6, 6.07) is 0. The Labute approximate surface area is 149 Å². The molecule has 1 aliphatic rings. The highest BCUT2D eigenvalue weighted by atomic mass is 32.2. The second kappa shape index (κ2) is 6.84. The van der Waals surface area contributed by atoms with Crippen LogP contribution in [-0.2, 0) is 23.5 Å². The SMILES string of the molecule is Cc1nn(C)c(C)c1-c1cncc(C[C@@H]2CCCN(S(C)(=O)=O)C2)n1. The molecule has 25 heavy (non-hydrogen) atoms. The van der Waals surface area contributed by atoms with Gasteiger partial charge >= 0.3 is 0 Å². The van der Waals surface area contributed by atoms with Crippen molar-refractivity contribution in [3.8, 4) is 11.3 Å². The van der Waals surface area contributed by atoms with E-state index in [-0.39, 0.29) is 5.92 Å². The van der Waals surface area contributed by atoms with Crippen LogP contribution in [-0.4, -0.2) is 51.8 Å². The molecule has 1 saturated heterocycles. The predicted molar refractivity (Wildman–Crippen MR) is 96.6 cm³/mol. The smallest absolute Gasteiger partial charge is 0.211 e. The van der Waals surface area contributed by atoms with Gasteiger partial charge in [-0.15, -0.1) is 0 Å². The van der Waals surface area contributed by atoms with Gasteiger partial charge in [-0.1, -0.05) is 0 Å². The van der Waals surface area contributed by atoms with E-state index >= 15 is 0 Å². The molecule has 2 aromatic heterocycles. The highest BCUT2D eigenvalue weighted by molar-refractivity contribution is 7.88. The van der Waals surface area contributed by atoms with Crippen LogP contribution in [0.2, 0.25) is 0 Å². The molecule has 0 aromatic carbocycles. The van der Waals surface area contributed by atoms with Crippen LogP contribution in [0.25, 0.3) is 11.3 Å². The van der Waals surface area contributed by atoms with Gasteiger partial charge in [0.25, 0.3) is 0 Å². The van der Waals surface area contributed by atoms with Gasteiger partial charge in [-0.3, -0.25) is 9.67 Å². The van der Waals surface area contributed by atoms with E-state index in [1.165, 1.54) is 6.26 Å². The van der Waals surface area contributed by atoms with Crippen LogP contribution in [0.3, 0.4) is 0 Å². The van der Waals surface area contributed by atoms with Crippen molar-refractivity contribution >= 4 is 10.0 Å². The highest BCUT2D eigenvalue weighted by Gasteiger charge is 2.26. The summed E-state index contributed by atoms with van der Waals surface area (Å²) < 4.78 is 27.0. The van der Waals surface area contributed by atoms with Crippen LogP contribution >= 0.6 is 0 Å². The third-order valence-electron chi connectivity index (χ3n) is 4.90. The standard InChI is InChI=1S/C17H25N5O2S/c1-12-17(13(2)21(3)20-12)16-10-18-9-15(19-16)8-14-6-5-7-22(11-14)25(4,23)24/h9-10,14H,5-8,11H2,1-4H3/t14-/m0/s1. The van der Waals surface area contributed by atoms with E-state index in [0.717, 1.165) is 47.6 Å². The fourth-order valence-corrected chi connectivity index (χ4v) is 4.50. The number of hydrogen-bond donors (Lipinski definition) is 0. The van der Waals surface area contributed by atoms with Crippen LogP contribution in [0.1, 0.15) is 29.9 Å². The Hall–Kier alpha value is -1.80. The van der Waals surface area contributed by atoms with Gasteiger partial charge in [0.15, 0.2) is 0 Å². The Morgan fingerprint density at radius 3 is 2.68 bits per heavy atom. The molecule has 1 aliphatic heterocycles. The number of rotatable bonds is 4. The van der Waals surface area contributed by atoms with Gasteiger partial charge in [-0.25, -0.2) is 17.7 Å². The molecule has 0 amide bonds. The van der Waals surface area contributed by atoms with Crippen molar-refractivity contribution in [2.24, 2.45) is 13.0 Å². The van der Waals surface area contributed by atoms with Gasteiger partial charge in [-0.2, -0.15) is 5.10 Å². The molecular formula is C17H25N5O2S. The molecule has 0 radical (unpaired) electrons. The van der Waals surface area contributed by atoms with E-state index in [0.29, 0.717) is 13.1 Å². The molecule has 1 fully saturated rings. The molecule has 3 rings (SSSR count). The van der Waals surface area contributed by atoms with Gasteiger partial charge in [0, 0.05) is 37.6 Å². The van der Waals surface area contributed by atoms with E-state index in [1.807, 2.05) is 25.6 Å². The number of piperidine rings is 1. The summed E-state index contributed by atoms with van der Waals surface area (Å²) in [6.45, 7) is 5.18. The van der Waals surface area contributed by atoms with Crippen molar-refractivity contribution in [2.45, 2.75) is 33.1 Å². The Balaban J connectivity index is 1.80. The van der Waals surface area contributed by atoms with Crippen molar-refractivity contribution < 1.29 is 8.42 Å². The van der Waals surface area contributed by atoms with E-state index < -0.39 is 10.0 Å². The predicted octanol–water partition coefficient (Wildman–Crippen LogP) is 1.71. The minimum absolute atomic E-state index is 0.282. The van der Waals surface area contributed by atoms with Crippen LogP contribution in [0.4, 0.5) is 0 Å². The summed E-state index contributed by atoms with van der Waals surface area (Å²) in [5.41, 5.74) is 4.76. The topological polar surface area (TPSA) is 81.0 Å². The summed E-state index contributed by atoms with van der Waals surface area (Å²) in [6.07, 6.45) is 7.48. The second-order valence-electron chi connectivity index (χ2n) is 6.90. The van der Waals surface area contributed by atoms with Crippen molar-refractivity contribution in [2.75, 3.05) is 19.3 Å². The molecule has 0 aliphatic carbocycles. The average molecular weight is 363 g/mol. The molecule has 7 nitrogen and oxygen atoms in total. The molecule has 3 heterocycles. The lowest BCUT2D eigenvalue weighted by molar-refractivity contribution is 0.265. The zero-order chi connectivity index (χ0) is 18.2. The first-order valence-electron chi connectivity index (χ1n) is 8.52. The lowest BCUT2D eigenvalue weighted by Crippen LogP contribution is -2.39. The molecule has 0 saturated carbocycles. The van der Waals surface area contributed by atoms with Gasteiger partial charge in [-0.05, 0) is 39.0 Å². The average Bonchev–Trinajstić information content (AvgIpc) is 2.80. The first-order valence-corrected chi connectivity index (χ1v) is 10.4. The molecule has 1 atom stereocenters. The molecule has 0 spiro atoms. The first-order chi connectivity index (χ1) is 11.8. The number of aryl methyl sites for hydroxylation is 2. The zero-order valence-corrected chi connectivity index (χ0v) is 16.0. The third kappa shape index (κ3) is 3.90. The van der Waals surface area contributed by atoms with Crippen molar-refractivity contribution in [3.63, 3.8) is 0 Å². The molecule has 0 N–H and O–H groups in total. The van der Waals surface area contributed by atoms with Crippen LogP contribution in [0, 0.1) is 19.8 Å². The maximum Gasteiger partial charge on any atom is 0.211 e. The normalized spacial score (nSPS) is 19.3. The summed E-state index contributed by atoms with van der Waals surface area (Å²) in [5, 5.41) is 4.44. The van der Waals surface area contributed by atoms with E-state index in [1.54, 1.807) is 16.7 Å². The van der Waals surface area contributed by atoms with E-state index in [4.69, 9.17) is 4.98 Å². The summed E-state index contributed by atoms with van der Waals surface area (Å²) in [5.74, 6) is 0.282. The molecule has 136 valence electrons. The van der Waals surface area contributed by atoms with Crippen LogP contribution in [0.15, 0.2) is 12.4 Å². The minimum atomic E-state index is -3.12. The van der Waals surface area contributed by atoms with E-state index in [2.05, 4.69) is 10.1 Å². The Bertz CT molecular complexity index is 875. The molecular weight excluding hydrogens is 338 g/mol.